The Morgan fingerprint density at radius 3 is 2.57 bits per heavy atom. The van der Waals surface area contributed by atoms with Gasteiger partial charge in [-0.2, -0.15) is 0 Å². The van der Waals surface area contributed by atoms with Crippen molar-refractivity contribution in [3.8, 4) is 0 Å². The Morgan fingerprint density at radius 2 is 2.07 bits per heavy atom. The molecule has 1 fully saturated rings. The van der Waals surface area contributed by atoms with E-state index in [1.54, 1.807) is 0 Å². The minimum absolute atomic E-state index is 0.0504. The van der Waals surface area contributed by atoms with Gasteiger partial charge in [0.25, 0.3) is 0 Å². The molecule has 0 aromatic rings. The van der Waals surface area contributed by atoms with Gasteiger partial charge in [-0.05, 0) is 37.0 Å². The van der Waals surface area contributed by atoms with Crippen molar-refractivity contribution in [1.82, 2.24) is 0 Å². The molecule has 0 aromatic carbocycles. The van der Waals surface area contributed by atoms with Crippen molar-refractivity contribution < 1.29 is 9.53 Å². The van der Waals surface area contributed by atoms with Crippen molar-refractivity contribution in [1.29, 1.82) is 0 Å². The fourth-order valence-electron chi connectivity index (χ4n) is 1.73. The van der Waals surface area contributed by atoms with Crippen LogP contribution in [0.5, 0.6) is 0 Å². The topological polar surface area (TPSA) is 26.3 Å². The SMILES string of the molecule is CCOC(=O)C1(CCCCCI)CC1. The molecule has 0 radical (unpaired) electrons. The van der Waals surface area contributed by atoms with E-state index in [4.69, 9.17) is 4.74 Å². The van der Waals surface area contributed by atoms with E-state index in [-0.39, 0.29) is 11.4 Å². The molecule has 0 saturated heterocycles. The van der Waals surface area contributed by atoms with E-state index in [1.807, 2.05) is 6.92 Å². The largest absolute Gasteiger partial charge is 0.466 e. The molecule has 0 amide bonds. The molecule has 1 aliphatic rings. The van der Waals surface area contributed by atoms with Crippen molar-refractivity contribution >= 4 is 28.6 Å². The lowest BCUT2D eigenvalue weighted by molar-refractivity contribution is -0.150. The second kappa shape index (κ2) is 5.93. The molecule has 0 bridgehead atoms. The second-order valence-electron chi connectivity index (χ2n) is 4.00. The van der Waals surface area contributed by atoms with Gasteiger partial charge in [0.15, 0.2) is 0 Å². The van der Waals surface area contributed by atoms with E-state index in [0.29, 0.717) is 6.61 Å². The van der Waals surface area contributed by atoms with Crippen LogP contribution in [0.2, 0.25) is 0 Å². The van der Waals surface area contributed by atoms with Gasteiger partial charge < -0.3 is 4.74 Å². The molecule has 0 aromatic heterocycles. The van der Waals surface area contributed by atoms with Gasteiger partial charge in [-0.15, -0.1) is 0 Å². The van der Waals surface area contributed by atoms with Crippen molar-refractivity contribution in [2.24, 2.45) is 5.41 Å². The van der Waals surface area contributed by atoms with Crippen LogP contribution in [0.4, 0.5) is 0 Å². The molecule has 3 heteroatoms. The molecule has 0 heterocycles. The summed E-state index contributed by atoms with van der Waals surface area (Å²) in [5.41, 5.74) is -0.0543. The summed E-state index contributed by atoms with van der Waals surface area (Å²) in [6.45, 7) is 2.40. The van der Waals surface area contributed by atoms with Gasteiger partial charge in [0.05, 0.1) is 12.0 Å². The van der Waals surface area contributed by atoms with Gasteiger partial charge in [-0.25, -0.2) is 0 Å². The molecule has 82 valence electrons. The summed E-state index contributed by atoms with van der Waals surface area (Å²) in [6.07, 6.45) is 6.86. The number of carbonyl (C=O) groups is 1. The number of esters is 1. The Morgan fingerprint density at radius 1 is 1.36 bits per heavy atom. The van der Waals surface area contributed by atoms with E-state index in [9.17, 15) is 4.79 Å². The summed E-state index contributed by atoms with van der Waals surface area (Å²) in [6, 6.07) is 0. The van der Waals surface area contributed by atoms with E-state index >= 15 is 0 Å². The molecule has 1 aliphatic carbocycles. The van der Waals surface area contributed by atoms with E-state index in [0.717, 1.165) is 19.3 Å². The molecular weight excluding hydrogens is 291 g/mol. The molecule has 1 saturated carbocycles. The molecule has 2 nitrogen and oxygen atoms in total. The van der Waals surface area contributed by atoms with Crippen LogP contribution in [0.25, 0.3) is 0 Å². The van der Waals surface area contributed by atoms with Crippen molar-refractivity contribution in [2.45, 2.75) is 45.4 Å². The van der Waals surface area contributed by atoms with Crippen molar-refractivity contribution in [3.63, 3.8) is 0 Å². The zero-order chi connectivity index (χ0) is 10.4. The third-order valence-corrected chi connectivity index (χ3v) is 3.61. The van der Waals surface area contributed by atoms with E-state index in [2.05, 4.69) is 22.6 Å². The lowest BCUT2D eigenvalue weighted by Crippen LogP contribution is -2.18. The highest BCUT2D eigenvalue weighted by Gasteiger charge is 2.50. The summed E-state index contributed by atoms with van der Waals surface area (Å²) in [7, 11) is 0. The van der Waals surface area contributed by atoms with Crippen molar-refractivity contribution in [3.05, 3.63) is 0 Å². The average molecular weight is 310 g/mol. The molecule has 0 N–H and O–H groups in total. The lowest BCUT2D eigenvalue weighted by atomic mass is 9.99. The number of hydrogen-bond acceptors (Lipinski definition) is 2. The van der Waals surface area contributed by atoms with Gasteiger partial charge in [0, 0.05) is 0 Å². The summed E-state index contributed by atoms with van der Waals surface area (Å²) in [5.74, 6) is 0.0504. The van der Waals surface area contributed by atoms with Crippen LogP contribution in [0, 0.1) is 5.41 Å². The first kappa shape index (κ1) is 12.3. The van der Waals surface area contributed by atoms with Gasteiger partial charge >= 0.3 is 5.97 Å². The highest BCUT2D eigenvalue weighted by atomic mass is 127. The molecule has 0 unspecified atom stereocenters. The van der Waals surface area contributed by atoms with Crippen LogP contribution in [0.3, 0.4) is 0 Å². The van der Waals surface area contributed by atoms with Gasteiger partial charge in [-0.3, -0.25) is 4.79 Å². The Hall–Kier alpha value is 0.200. The zero-order valence-corrected chi connectivity index (χ0v) is 11.0. The maximum absolute atomic E-state index is 11.6. The van der Waals surface area contributed by atoms with E-state index < -0.39 is 0 Å². The number of unbranched alkanes of at least 4 members (excludes halogenated alkanes) is 2. The van der Waals surface area contributed by atoms with Crippen molar-refractivity contribution in [2.75, 3.05) is 11.0 Å². The van der Waals surface area contributed by atoms with Crippen LogP contribution >= 0.6 is 22.6 Å². The first-order valence-electron chi connectivity index (χ1n) is 5.48. The number of alkyl halides is 1. The summed E-state index contributed by atoms with van der Waals surface area (Å²) < 4.78 is 6.31. The third kappa shape index (κ3) is 3.41. The van der Waals surface area contributed by atoms with Gasteiger partial charge in [-0.1, -0.05) is 35.4 Å². The Labute approximate surface area is 99.9 Å². The van der Waals surface area contributed by atoms with Crippen LogP contribution in [-0.4, -0.2) is 17.0 Å². The zero-order valence-electron chi connectivity index (χ0n) is 8.85. The number of ether oxygens (including phenoxy) is 1. The molecule has 0 spiro atoms. The minimum atomic E-state index is -0.0543. The first-order valence-corrected chi connectivity index (χ1v) is 7.01. The van der Waals surface area contributed by atoms with Crippen LogP contribution in [0.15, 0.2) is 0 Å². The smallest absolute Gasteiger partial charge is 0.312 e. The number of hydrogen-bond donors (Lipinski definition) is 0. The number of halogens is 1. The normalized spacial score (nSPS) is 17.9. The summed E-state index contributed by atoms with van der Waals surface area (Å²) in [4.78, 5) is 11.6. The van der Waals surface area contributed by atoms with Crippen LogP contribution in [0.1, 0.15) is 45.4 Å². The lowest BCUT2D eigenvalue weighted by Gasteiger charge is -2.12. The predicted molar refractivity (Wildman–Crippen MR) is 65.7 cm³/mol. The fraction of sp³-hybridized carbons (Fsp3) is 0.909. The standard InChI is InChI=1S/C11H19IO2/c1-2-14-10(13)11(7-8-11)6-4-3-5-9-12/h2-9H2,1H3. The minimum Gasteiger partial charge on any atom is -0.466 e. The quantitative estimate of drug-likeness (QED) is 0.312. The maximum Gasteiger partial charge on any atom is 0.312 e. The monoisotopic (exact) mass is 310 g/mol. The Kier molecular flexibility index (Phi) is 5.20. The maximum atomic E-state index is 11.6. The van der Waals surface area contributed by atoms with E-state index in [1.165, 1.54) is 23.7 Å². The van der Waals surface area contributed by atoms with Gasteiger partial charge in [0.2, 0.25) is 0 Å². The average Bonchev–Trinajstić information content (AvgIpc) is 2.94. The summed E-state index contributed by atoms with van der Waals surface area (Å²) in [5, 5.41) is 0. The summed E-state index contributed by atoms with van der Waals surface area (Å²) >= 11 is 2.40. The highest BCUT2D eigenvalue weighted by molar-refractivity contribution is 14.1. The molecule has 1 rings (SSSR count). The third-order valence-electron chi connectivity index (χ3n) is 2.85. The number of rotatable bonds is 7. The Balaban J connectivity index is 2.18. The number of carbonyl (C=O) groups excluding carboxylic acids is 1. The molecule has 14 heavy (non-hydrogen) atoms. The fourth-order valence-corrected chi connectivity index (χ4v) is 2.27. The highest BCUT2D eigenvalue weighted by Crippen LogP contribution is 2.50. The Bertz CT molecular complexity index is 188. The van der Waals surface area contributed by atoms with Crippen LogP contribution in [-0.2, 0) is 9.53 Å². The first-order chi connectivity index (χ1) is 6.75. The second-order valence-corrected chi connectivity index (χ2v) is 5.08. The predicted octanol–water partition coefficient (Wildman–Crippen LogP) is 3.33. The molecule has 0 atom stereocenters. The molecule has 0 aliphatic heterocycles. The molecular formula is C11H19IO2. The van der Waals surface area contributed by atoms with Gasteiger partial charge in [0.1, 0.15) is 0 Å². The van der Waals surface area contributed by atoms with Crippen LogP contribution < -0.4 is 0 Å².